The molecule has 2 unspecified atom stereocenters. The second kappa shape index (κ2) is 4.67. The summed E-state index contributed by atoms with van der Waals surface area (Å²) in [4.78, 5) is 13.8. The molecule has 3 nitrogen and oxygen atoms in total. The molecule has 2 heterocycles. The highest BCUT2D eigenvalue weighted by Crippen LogP contribution is 2.20. The summed E-state index contributed by atoms with van der Waals surface area (Å²) >= 11 is 0. The van der Waals surface area contributed by atoms with Crippen molar-refractivity contribution in [3.8, 4) is 12.3 Å². The van der Waals surface area contributed by atoms with Crippen LogP contribution in [0.4, 0.5) is 0 Å². The first-order valence-corrected chi connectivity index (χ1v) is 5.77. The van der Waals surface area contributed by atoms with E-state index < -0.39 is 0 Å². The maximum atomic E-state index is 11.8. The van der Waals surface area contributed by atoms with Gasteiger partial charge in [0.15, 0.2) is 0 Å². The van der Waals surface area contributed by atoms with Crippen molar-refractivity contribution < 1.29 is 4.79 Å². The molecule has 2 saturated heterocycles. The Bertz CT molecular complexity index is 282. The molecule has 1 N–H and O–H groups in total. The predicted molar refractivity (Wildman–Crippen MR) is 59.2 cm³/mol. The number of carbonyl (C=O) groups is 1. The molecule has 0 aromatic rings. The van der Waals surface area contributed by atoms with Gasteiger partial charge in [0.25, 0.3) is 0 Å². The Labute approximate surface area is 91.2 Å². The summed E-state index contributed by atoms with van der Waals surface area (Å²) in [5.74, 6) is 2.75. The molecule has 3 heteroatoms. The quantitative estimate of drug-likeness (QED) is 0.676. The van der Waals surface area contributed by atoms with E-state index in [1.165, 1.54) is 12.8 Å². The fourth-order valence-corrected chi connectivity index (χ4v) is 2.51. The zero-order valence-corrected chi connectivity index (χ0v) is 9.04. The molecule has 2 bridgehead atoms. The predicted octanol–water partition coefficient (Wildman–Crippen LogP) is 0.753. The Morgan fingerprint density at radius 2 is 2.20 bits per heavy atom. The third kappa shape index (κ3) is 2.51. The number of fused-ring (bicyclic) bond motifs is 2. The zero-order valence-electron chi connectivity index (χ0n) is 9.04. The minimum absolute atomic E-state index is 0.224. The van der Waals surface area contributed by atoms with Crippen molar-refractivity contribution in [2.45, 2.75) is 44.2 Å². The van der Waals surface area contributed by atoms with E-state index in [9.17, 15) is 4.79 Å². The van der Waals surface area contributed by atoms with Crippen LogP contribution < -0.4 is 5.32 Å². The van der Waals surface area contributed by atoms with E-state index in [1.54, 1.807) is 0 Å². The van der Waals surface area contributed by atoms with Gasteiger partial charge in [-0.1, -0.05) is 0 Å². The van der Waals surface area contributed by atoms with Gasteiger partial charge >= 0.3 is 0 Å². The van der Waals surface area contributed by atoms with E-state index in [-0.39, 0.29) is 5.91 Å². The van der Waals surface area contributed by atoms with E-state index in [4.69, 9.17) is 6.42 Å². The van der Waals surface area contributed by atoms with Crippen LogP contribution >= 0.6 is 0 Å². The van der Waals surface area contributed by atoms with E-state index in [0.29, 0.717) is 24.9 Å². The molecule has 0 radical (unpaired) electrons. The van der Waals surface area contributed by atoms with Crippen molar-refractivity contribution in [2.75, 3.05) is 13.1 Å². The number of hydrogen-bond acceptors (Lipinski definition) is 2. The normalized spacial score (nSPS) is 29.7. The molecule has 0 spiro atoms. The fourth-order valence-electron chi connectivity index (χ4n) is 2.51. The lowest BCUT2D eigenvalue weighted by atomic mass is 10.1. The number of rotatable bonds is 2. The molecule has 2 aliphatic rings. The lowest BCUT2D eigenvalue weighted by Gasteiger charge is -2.24. The molecule has 82 valence electrons. The molecule has 0 aromatic carbocycles. The van der Waals surface area contributed by atoms with Gasteiger partial charge in [-0.2, -0.15) is 0 Å². The number of hydrogen-bond donors (Lipinski definition) is 1. The third-order valence-corrected chi connectivity index (χ3v) is 3.36. The Morgan fingerprint density at radius 3 is 3.00 bits per heavy atom. The van der Waals surface area contributed by atoms with Crippen molar-refractivity contribution in [1.29, 1.82) is 0 Å². The highest BCUT2D eigenvalue weighted by Gasteiger charge is 2.30. The van der Waals surface area contributed by atoms with E-state index >= 15 is 0 Å². The minimum atomic E-state index is 0.224. The van der Waals surface area contributed by atoms with E-state index in [2.05, 4.69) is 11.2 Å². The molecule has 0 aliphatic carbocycles. The van der Waals surface area contributed by atoms with Crippen molar-refractivity contribution in [2.24, 2.45) is 0 Å². The number of terminal acetylenes is 1. The fraction of sp³-hybridized carbons (Fsp3) is 0.750. The van der Waals surface area contributed by atoms with Gasteiger partial charge < -0.3 is 10.2 Å². The monoisotopic (exact) mass is 206 g/mol. The Kier molecular flexibility index (Phi) is 3.27. The smallest absolute Gasteiger partial charge is 0.223 e. The average molecular weight is 206 g/mol. The van der Waals surface area contributed by atoms with Crippen molar-refractivity contribution >= 4 is 5.91 Å². The zero-order chi connectivity index (χ0) is 10.7. The van der Waals surface area contributed by atoms with Crippen LogP contribution in [0.1, 0.15) is 32.1 Å². The van der Waals surface area contributed by atoms with Gasteiger partial charge in [-0.05, 0) is 19.3 Å². The average Bonchev–Trinajstić information content (AvgIpc) is 2.55. The van der Waals surface area contributed by atoms with Crippen LogP contribution in [-0.4, -0.2) is 36.0 Å². The molecular formula is C12H18N2O. The first-order chi connectivity index (χ1) is 7.29. The molecule has 1 amide bonds. The van der Waals surface area contributed by atoms with Gasteiger partial charge in [-0.25, -0.2) is 0 Å². The van der Waals surface area contributed by atoms with Gasteiger partial charge in [0.1, 0.15) is 0 Å². The number of likely N-dealkylation sites (tertiary alicyclic amines) is 1. The van der Waals surface area contributed by atoms with Crippen LogP contribution in [0.2, 0.25) is 0 Å². The second-order valence-corrected chi connectivity index (χ2v) is 4.47. The number of nitrogens with zero attached hydrogens (tertiary/aromatic N) is 1. The Morgan fingerprint density at radius 1 is 1.40 bits per heavy atom. The lowest BCUT2D eigenvalue weighted by molar-refractivity contribution is -0.131. The lowest BCUT2D eigenvalue weighted by Crippen LogP contribution is -2.38. The minimum Gasteiger partial charge on any atom is -0.341 e. The van der Waals surface area contributed by atoms with E-state index in [0.717, 1.165) is 19.5 Å². The molecule has 0 aromatic heterocycles. The third-order valence-electron chi connectivity index (χ3n) is 3.36. The van der Waals surface area contributed by atoms with E-state index in [1.807, 2.05) is 4.90 Å². The maximum Gasteiger partial charge on any atom is 0.223 e. The molecule has 15 heavy (non-hydrogen) atoms. The highest BCUT2D eigenvalue weighted by atomic mass is 16.2. The first-order valence-electron chi connectivity index (χ1n) is 5.77. The van der Waals surface area contributed by atoms with Crippen LogP contribution in [0.3, 0.4) is 0 Å². The largest absolute Gasteiger partial charge is 0.341 e. The summed E-state index contributed by atoms with van der Waals surface area (Å²) in [6.45, 7) is 1.78. The Hall–Kier alpha value is -1.01. The number of nitrogens with one attached hydrogen (secondary N) is 1. The molecular weight excluding hydrogens is 188 g/mol. The van der Waals surface area contributed by atoms with Gasteiger partial charge in [0.2, 0.25) is 5.91 Å². The molecule has 2 fully saturated rings. The van der Waals surface area contributed by atoms with Crippen LogP contribution in [-0.2, 0) is 4.79 Å². The van der Waals surface area contributed by atoms with Crippen LogP contribution in [0.15, 0.2) is 0 Å². The first kappa shape index (κ1) is 10.5. The number of carbonyl (C=O) groups excluding carboxylic acids is 1. The summed E-state index contributed by atoms with van der Waals surface area (Å²) in [5.41, 5.74) is 0. The molecule has 2 atom stereocenters. The standard InChI is InChI=1S/C12H18N2O/c1-2-3-4-12(15)14-8-7-10-5-6-11(9-14)13-10/h1,10-11,13H,3-9H2. The topological polar surface area (TPSA) is 32.3 Å². The molecule has 0 saturated carbocycles. The van der Waals surface area contributed by atoms with Crippen LogP contribution in [0.25, 0.3) is 0 Å². The summed E-state index contributed by atoms with van der Waals surface area (Å²) in [7, 11) is 0. The summed E-state index contributed by atoms with van der Waals surface area (Å²) in [5, 5.41) is 3.56. The van der Waals surface area contributed by atoms with Crippen molar-refractivity contribution in [3.63, 3.8) is 0 Å². The Balaban J connectivity index is 1.88. The van der Waals surface area contributed by atoms with Gasteiger partial charge in [0, 0.05) is 38.0 Å². The van der Waals surface area contributed by atoms with Gasteiger partial charge in [-0.3, -0.25) is 4.79 Å². The summed E-state index contributed by atoms with van der Waals surface area (Å²) in [6.07, 6.45) is 9.82. The maximum absolute atomic E-state index is 11.8. The summed E-state index contributed by atoms with van der Waals surface area (Å²) in [6, 6.07) is 1.16. The van der Waals surface area contributed by atoms with Crippen molar-refractivity contribution in [3.05, 3.63) is 0 Å². The highest BCUT2D eigenvalue weighted by molar-refractivity contribution is 5.76. The number of amides is 1. The second-order valence-electron chi connectivity index (χ2n) is 4.47. The van der Waals surface area contributed by atoms with Crippen molar-refractivity contribution in [1.82, 2.24) is 10.2 Å². The van der Waals surface area contributed by atoms with Gasteiger partial charge in [-0.15, -0.1) is 12.3 Å². The van der Waals surface area contributed by atoms with Gasteiger partial charge in [0.05, 0.1) is 0 Å². The molecule has 2 rings (SSSR count). The summed E-state index contributed by atoms with van der Waals surface area (Å²) < 4.78 is 0. The molecule has 2 aliphatic heterocycles. The van der Waals surface area contributed by atoms with Crippen LogP contribution in [0, 0.1) is 12.3 Å². The van der Waals surface area contributed by atoms with Crippen LogP contribution in [0.5, 0.6) is 0 Å². The SMILES string of the molecule is C#CCCC(=O)N1CCC2CCC(C1)N2.